The van der Waals surface area contributed by atoms with E-state index in [9.17, 15) is 9.59 Å². The highest BCUT2D eigenvalue weighted by atomic mass is 16.6. The predicted octanol–water partition coefficient (Wildman–Crippen LogP) is 3.20. The van der Waals surface area contributed by atoms with E-state index in [1.54, 1.807) is 6.21 Å². The van der Waals surface area contributed by atoms with Crippen LogP contribution in [0.2, 0.25) is 0 Å². The normalized spacial score (nSPS) is 21.6. The Morgan fingerprint density at radius 3 is 2.56 bits per heavy atom. The minimum atomic E-state index is -0.468. The van der Waals surface area contributed by atoms with Gasteiger partial charge in [-0.2, -0.15) is 0 Å². The second-order valence-electron chi connectivity index (χ2n) is 9.28. The van der Waals surface area contributed by atoms with E-state index in [1.165, 1.54) is 6.42 Å². The number of hydrogen-bond acceptors (Lipinski definition) is 5. The summed E-state index contributed by atoms with van der Waals surface area (Å²) in [5.74, 6) is 0.129. The molecule has 1 heterocycles. The number of hydrogen-bond donors (Lipinski definition) is 1. The van der Waals surface area contributed by atoms with Crippen molar-refractivity contribution in [2.24, 2.45) is 11.1 Å². The molecular formula is C25H38N4O3. The second kappa shape index (κ2) is 12.0. The number of rotatable bonds is 9. The zero-order valence-corrected chi connectivity index (χ0v) is 19.7. The molecule has 0 radical (unpaired) electrons. The minimum Gasteiger partial charge on any atom is -0.391 e. The molecule has 1 saturated heterocycles. The van der Waals surface area contributed by atoms with Crippen LogP contribution in [0, 0.1) is 5.92 Å². The van der Waals surface area contributed by atoms with Crippen LogP contribution >= 0.6 is 0 Å². The topological polar surface area (TPSA) is 74.2 Å². The molecule has 1 aliphatic heterocycles. The van der Waals surface area contributed by atoms with Gasteiger partial charge in [-0.25, -0.2) is 0 Å². The highest BCUT2D eigenvalue weighted by molar-refractivity contribution is 5.91. The minimum absolute atomic E-state index is 0.0215. The van der Waals surface area contributed by atoms with Crippen molar-refractivity contribution in [3.05, 3.63) is 35.9 Å². The highest BCUT2D eigenvalue weighted by Crippen LogP contribution is 2.29. The first-order valence-electron chi connectivity index (χ1n) is 11.9. The summed E-state index contributed by atoms with van der Waals surface area (Å²) in [5.41, 5.74) is 1.05. The van der Waals surface area contributed by atoms with Crippen LogP contribution in [0.4, 0.5) is 0 Å². The largest absolute Gasteiger partial charge is 0.391 e. The molecule has 2 amide bonds. The Bertz CT molecular complexity index is 762. The lowest BCUT2D eigenvalue weighted by Gasteiger charge is -2.35. The molecule has 2 aliphatic rings. The fraction of sp³-hybridized carbons (Fsp3) is 0.640. The van der Waals surface area contributed by atoms with Gasteiger partial charge in [-0.05, 0) is 58.2 Å². The Balaban J connectivity index is 1.65. The van der Waals surface area contributed by atoms with Gasteiger partial charge in [0.2, 0.25) is 11.8 Å². The number of nitrogens with one attached hydrogen (secondary N) is 1. The molecular weight excluding hydrogens is 404 g/mol. The summed E-state index contributed by atoms with van der Waals surface area (Å²) in [7, 11) is 3.76. The molecule has 1 N–H and O–H groups in total. The lowest BCUT2D eigenvalue weighted by Crippen LogP contribution is -2.56. The summed E-state index contributed by atoms with van der Waals surface area (Å²) < 4.78 is 0. The maximum Gasteiger partial charge on any atom is 0.245 e. The summed E-state index contributed by atoms with van der Waals surface area (Å²) in [4.78, 5) is 35.7. The zero-order chi connectivity index (χ0) is 22.9. The van der Waals surface area contributed by atoms with Crippen molar-refractivity contribution >= 4 is 18.0 Å². The maximum absolute atomic E-state index is 13.6. The number of likely N-dealkylation sites (N-methyl/N-ethyl adjacent to an activating group) is 1. The molecule has 3 rings (SSSR count). The molecule has 32 heavy (non-hydrogen) atoms. The van der Waals surface area contributed by atoms with Crippen molar-refractivity contribution in [1.29, 1.82) is 0 Å². The van der Waals surface area contributed by atoms with Gasteiger partial charge in [0.25, 0.3) is 0 Å². The fourth-order valence-corrected chi connectivity index (χ4v) is 4.56. The van der Waals surface area contributed by atoms with Gasteiger partial charge in [0.1, 0.15) is 12.6 Å². The third kappa shape index (κ3) is 6.55. The number of carbonyl (C=O) groups is 2. The third-order valence-corrected chi connectivity index (χ3v) is 6.80. The van der Waals surface area contributed by atoms with Crippen LogP contribution in [0.25, 0.3) is 0 Å². The van der Waals surface area contributed by atoms with Crippen LogP contribution in [-0.2, 0) is 21.0 Å². The van der Waals surface area contributed by atoms with E-state index in [0.29, 0.717) is 13.2 Å². The van der Waals surface area contributed by atoms with E-state index < -0.39 is 6.04 Å². The smallest absolute Gasteiger partial charge is 0.245 e. The lowest BCUT2D eigenvalue weighted by atomic mass is 9.83. The summed E-state index contributed by atoms with van der Waals surface area (Å²) in [5, 5.41) is 7.26. The highest BCUT2D eigenvalue weighted by Gasteiger charge is 2.38. The number of nitrogens with zero attached hydrogens (tertiary/aromatic N) is 3. The maximum atomic E-state index is 13.6. The van der Waals surface area contributed by atoms with Crippen molar-refractivity contribution in [3.63, 3.8) is 0 Å². The molecule has 1 unspecified atom stereocenters. The molecule has 176 valence electrons. The van der Waals surface area contributed by atoms with Gasteiger partial charge in [0.05, 0.1) is 18.3 Å². The van der Waals surface area contributed by atoms with Gasteiger partial charge in [0.15, 0.2) is 0 Å². The second-order valence-corrected chi connectivity index (χ2v) is 9.28. The van der Waals surface area contributed by atoms with Crippen LogP contribution in [0.1, 0.15) is 57.4 Å². The zero-order valence-electron chi connectivity index (χ0n) is 19.7. The molecule has 7 nitrogen and oxygen atoms in total. The van der Waals surface area contributed by atoms with Crippen molar-refractivity contribution < 1.29 is 14.4 Å². The average molecular weight is 443 g/mol. The molecule has 2 fully saturated rings. The first kappa shape index (κ1) is 24.2. The SMILES string of the molecule is C[C@@H](C(=O)N[C@H](C(=O)N1CCCC1/C=N\OCc1ccccc1)C1CCCCC1)N(C)C. The molecule has 0 spiro atoms. The Morgan fingerprint density at radius 1 is 1.16 bits per heavy atom. The Morgan fingerprint density at radius 2 is 1.88 bits per heavy atom. The quantitative estimate of drug-likeness (QED) is 0.471. The molecule has 1 aromatic rings. The van der Waals surface area contributed by atoms with E-state index in [-0.39, 0.29) is 29.8 Å². The number of likely N-dealkylation sites (tertiary alicyclic amines) is 1. The van der Waals surface area contributed by atoms with Gasteiger partial charge in [-0.3, -0.25) is 14.5 Å². The van der Waals surface area contributed by atoms with Crippen LogP contribution in [-0.4, -0.2) is 66.6 Å². The first-order valence-corrected chi connectivity index (χ1v) is 11.9. The van der Waals surface area contributed by atoms with Crippen molar-refractivity contribution in [2.75, 3.05) is 20.6 Å². The monoisotopic (exact) mass is 442 g/mol. The summed E-state index contributed by atoms with van der Waals surface area (Å²) >= 11 is 0. The van der Waals surface area contributed by atoms with E-state index in [1.807, 2.05) is 61.2 Å². The number of amides is 2. The summed E-state index contributed by atoms with van der Waals surface area (Å²) in [6.07, 6.45) is 8.95. The van der Waals surface area contributed by atoms with Gasteiger partial charge < -0.3 is 15.1 Å². The van der Waals surface area contributed by atoms with Gasteiger partial charge in [-0.15, -0.1) is 0 Å². The van der Waals surface area contributed by atoms with Crippen molar-refractivity contribution in [3.8, 4) is 0 Å². The molecule has 0 bridgehead atoms. The Labute approximate surface area is 192 Å². The molecule has 1 aliphatic carbocycles. The standard InChI is InChI=1S/C25H38N4O3/c1-19(28(2)3)24(30)27-23(21-13-8-5-9-14-21)25(31)29-16-10-15-22(29)17-26-32-18-20-11-6-4-7-12-20/h4,6-7,11-12,17,19,21-23H,5,8-10,13-16,18H2,1-3H3,(H,27,30)/b26-17-/t19-,22?,23-/m0/s1. The van der Waals surface area contributed by atoms with E-state index in [2.05, 4.69) is 10.5 Å². The van der Waals surface area contributed by atoms with Gasteiger partial charge in [0, 0.05) is 6.54 Å². The van der Waals surface area contributed by atoms with Crippen LogP contribution < -0.4 is 5.32 Å². The number of oxime groups is 1. The summed E-state index contributed by atoms with van der Waals surface area (Å²) in [6.45, 7) is 2.96. The van der Waals surface area contributed by atoms with Crippen molar-refractivity contribution in [2.45, 2.75) is 76.6 Å². The first-order chi connectivity index (χ1) is 15.5. The summed E-state index contributed by atoms with van der Waals surface area (Å²) in [6, 6.07) is 9.05. The van der Waals surface area contributed by atoms with Crippen LogP contribution in [0.5, 0.6) is 0 Å². The third-order valence-electron chi connectivity index (χ3n) is 6.80. The molecule has 0 aromatic heterocycles. The van der Waals surface area contributed by atoms with E-state index >= 15 is 0 Å². The average Bonchev–Trinajstić information content (AvgIpc) is 3.29. The number of benzene rings is 1. The predicted molar refractivity (Wildman–Crippen MR) is 126 cm³/mol. The van der Waals surface area contributed by atoms with Crippen LogP contribution in [0.15, 0.2) is 35.5 Å². The fourth-order valence-electron chi connectivity index (χ4n) is 4.56. The molecule has 1 aromatic carbocycles. The molecule has 7 heteroatoms. The van der Waals surface area contributed by atoms with Gasteiger partial charge in [-0.1, -0.05) is 54.8 Å². The van der Waals surface area contributed by atoms with Gasteiger partial charge >= 0.3 is 0 Å². The Hall–Kier alpha value is -2.41. The van der Waals surface area contributed by atoms with E-state index in [4.69, 9.17) is 4.84 Å². The number of carbonyl (C=O) groups excluding carboxylic acids is 2. The van der Waals surface area contributed by atoms with Crippen molar-refractivity contribution in [1.82, 2.24) is 15.1 Å². The van der Waals surface area contributed by atoms with Crippen LogP contribution in [0.3, 0.4) is 0 Å². The molecule has 3 atom stereocenters. The molecule has 1 saturated carbocycles. The lowest BCUT2D eigenvalue weighted by molar-refractivity contribution is -0.139. The Kier molecular flexibility index (Phi) is 9.09. The van der Waals surface area contributed by atoms with E-state index in [0.717, 1.165) is 44.1 Å².